The van der Waals surface area contributed by atoms with E-state index in [1.54, 1.807) is 11.0 Å². The van der Waals surface area contributed by atoms with Crippen LogP contribution in [0.25, 0.3) is 0 Å². The molecule has 45 heavy (non-hydrogen) atoms. The van der Waals surface area contributed by atoms with Gasteiger partial charge in [0.25, 0.3) is 5.91 Å². The van der Waals surface area contributed by atoms with Gasteiger partial charge in [0.1, 0.15) is 11.4 Å². The maximum atomic E-state index is 13.9. The fourth-order valence-electron chi connectivity index (χ4n) is 6.51. The molecule has 2 aromatic rings. The number of hydrogen-bond acceptors (Lipinski definition) is 6. The summed E-state index contributed by atoms with van der Waals surface area (Å²) < 4.78 is 47.0. The summed E-state index contributed by atoms with van der Waals surface area (Å²) in [7, 11) is 0. The van der Waals surface area contributed by atoms with E-state index in [9.17, 15) is 32.7 Å². The highest BCUT2D eigenvalue weighted by atomic mass is 19.4. The van der Waals surface area contributed by atoms with Gasteiger partial charge in [0.05, 0.1) is 23.7 Å². The van der Waals surface area contributed by atoms with Crippen LogP contribution in [0.5, 0.6) is 5.75 Å². The van der Waals surface area contributed by atoms with Gasteiger partial charge in [0.15, 0.2) is 0 Å². The van der Waals surface area contributed by atoms with Gasteiger partial charge in [-0.2, -0.15) is 13.2 Å². The minimum Gasteiger partial charge on any atom is -0.493 e. The van der Waals surface area contributed by atoms with Crippen LogP contribution >= 0.6 is 0 Å². The number of pyridine rings is 1. The molecule has 2 saturated heterocycles. The molecule has 2 fully saturated rings. The molecule has 2 N–H and O–H groups in total. The van der Waals surface area contributed by atoms with Crippen molar-refractivity contribution in [3.63, 3.8) is 0 Å². The zero-order valence-corrected chi connectivity index (χ0v) is 25.6. The SMILES string of the molecule is CCCC1C(C(=O)N2CCC(O)(c3ccccc3OCCCCCC(=O)O)CC2)CCCN1C(=O)c1ncccc1C(F)(F)F. The monoisotopic (exact) mass is 633 g/mol. The third-order valence-corrected chi connectivity index (χ3v) is 8.84. The van der Waals surface area contributed by atoms with Crippen molar-refractivity contribution in [3.05, 3.63) is 59.4 Å². The number of aromatic nitrogens is 1. The van der Waals surface area contributed by atoms with E-state index >= 15 is 0 Å². The molecule has 0 saturated carbocycles. The van der Waals surface area contributed by atoms with Crippen molar-refractivity contribution in [2.45, 2.75) is 89.0 Å². The third kappa shape index (κ3) is 8.33. The van der Waals surface area contributed by atoms with E-state index in [-0.39, 0.29) is 44.8 Å². The lowest BCUT2D eigenvalue weighted by molar-refractivity contribution is -0.144. The standard InChI is InChI=1S/C33H42F3N3O6/c1-2-10-26-23(11-9-19-39(26)31(43)29-25(33(34,35)36)13-8-18-37-29)30(42)38-20-16-32(44,17-21-38)24-12-5-6-14-27(24)45-22-7-3-4-15-28(40)41/h5-6,8,12-14,18,23,26,44H,2-4,7,9-11,15-17,19-22H2,1H3,(H,40,41). The van der Waals surface area contributed by atoms with E-state index in [0.717, 1.165) is 12.1 Å². The molecule has 9 nitrogen and oxygen atoms in total. The number of ether oxygens (including phenoxy) is 1. The van der Waals surface area contributed by atoms with Crippen LogP contribution in [0.2, 0.25) is 0 Å². The maximum absolute atomic E-state index is 13.9. The van der Waals surface area contributed by atoms with E-state index in [2.05, 4.69) is 4.98 Å². The van der Waals surface area contributed by atoms with Gasteiger partial charge in [-0.1, -0.05) is 31.5 Å². The Hall–Kier alpha value is -3.67. The fourth-order valence-corrected chi connectivity index (χ4v) is 6.51. The number of halogens is 3. The van der Waals surface area contributed by atoms with Crippen molar-refractivity contribution in [1.82, 2.24) is 14.8 Å². The van der Waals surface area contributed by atoms with Gasteiger partial charge < -0.3 is 24.7 Å². The minimum atomic E-state index is -4.74. The number of carbonyl (C=O) groups is 3. The molecule has 3 heterocycles. The Morgan fingerprint density at radius 3 is 2.47 bits per heavy atom. The largest absolute Gasteiger partial charge is 0.493 e. The Morgan fingerprint density at radius 1 is 1.04 bits per heavy atom. The van der Waals surface area contributed by atoms with Crippen molar-refractivity contribution < 1.29 is 42.5 Å². The molecule has 4 rings (SSSR count). The molecular weight excluding hydrogens is 591 g/mol. The summed E-state index contributed by atoms with van der Waals surface area (Å²) in [6.07, 6.45) is 1.16. The second-order valence-electron chi connectivity index (χ2n) is 11.9. The number of piperidine rings is 2. The van der Waals surface area contributed by atoms with Gasteiger partial charge in [-0.05, 0) is 69.6 Å². The first-order valence-electron chi connectivity index (χ1n) is 15.7. The van der Waals surface area contributed by atoms with Crippen LogP contribution < -0.4 is 4.74 Å². The Bertz CT molecular complexity index is 1330. The number of carbonyl (C=O) groups excluding carboxylic acids is 2. The quantitative estimate of drug-likeness (QED) is 0.290. The van der Waals surface area contributed by atoms with E-state index in [1.807, 2.05) is 25.1 Å². The number of nitrogens with zero attached hydrogens (tertiary/aromatic N) is 3. The number of unbranched alkanes of at least 4 members (excludes halogenated alkanes) is 2. The highest BCUT2D eigenvalue weighted by molar-refractivity contribution is 5.95. The first-order chi connectivity index (χ1) is 21.5. The molecule has 2 amide bonds. The molecule has 0 bridgehead atoms. The number of rotatable bonds is 12. The van der Waals surface area contributed by atoms with E-state index in [0.29, 0.717) is 62.9 Å². The number of hydrogen-bond donors (Lipinski definition) is 2. The van der Waals surface area contributed by atoms with E-state index in [1.165, 1.54) is 11.1 Å². The number of aliphatic hydroxyl groups is 1. The Morgan fingerprint density at radius 2 is 1.78 bits per heavy atom. The molecule has 246 valence electrons. The summed E-state index contributed by atoms with van der Waals surface area (Å²) in [6, 6.07) is 8.68. The Kier molecular flexibility index (Phi) is 11.5. The van der Waals surface area contributed by atoms with Crippen molar-refractivity contribution in [2.75, 3.05) is 26.2 Å². The van der Waals surface area contributed by atoms with Crippen LogP contribution in [0.3, 0.4) is 0 Å². The second kappa shape index (κ2) is 15.1. The predicted molar refractivity (Wildman–Crippen MR) is 159 cm³/mol. The molecule has 0 aliphatic carbocycles. The number of para-hydroxylation sites is 1. The number of alkyl halides is 3. The van der Waals surface area contributed by atoms with Crippen LogP contribution in [0.4, 0.5) is 13.2 Å². The van der Waals surface area contributed by atoms with Gasteiger partial charge in [-0.25, -0.2) is 0 Å². The fraction of sp³-hybridized carbons (Fsp3) is 0.576. The van der Waals surface area contributed by atoms with Gasteiger partial charge in [0, 0.05) is 43.9 Å². The smallest absolute Gasteiger partial charge is 0.418 e. The Labute approximate surface area is 261 Å². The van der Waals surface area contributed by atoms with Crippen LogP contribution in [0, 0.1) is 5.92 Å². The molecule has 0 radical (unpaired) electrons. The lowest BCUT2D eigenvalue weighted by Gasteiger charge is -2.45. The van der Waals surface area contributed by atoms with E-state index < -0.39 is 46.9 Å². The number of aliphatic carboxylic acids is 1. The summed E-state index contributed by atoms with van der Waals surface area (Å²) in [5.74, 6) is -1.81. The van der Waals surface area contributed by atoms with E-state index in [4.69, 9.17) is 9.84 Å². The summed E-state index contributed by atoms with van der Waals surface area (Å²) in [6.45, 7) is 3.10. The lowest BCUT2D eigenvalue weighted by atomic mass is 9.81. The second-order valence-corrected chi connectivity index (χ2v) is 11.9. The molecule has 1 aromatic heterocycles. The van der Waals surface area contributed by atoms with Crippen LogP contribution in [0.15, 0.2) is 42.6 Å². The normalized spacial score (nSPS) is 20.1. The zero-order chi connectivity index (χ0) is 32.6. The summed E-state index contributed by atoms with van der Waals surface area (Å²) in [5.41, 5.74) is -2.32. The summed E-state index contributed by atoms with van der Waals surface area (Å²) in [4.78, 5) is 45.0. The number of carboxylic acid groups (broad SMARTS) is 1. The number of amides is 2. The van der Waals surface area contributed by atoms with Crippen LogP contribution in [0.1, 0.15) is 92.7 Å². The van der Waals surface area contributed by atoms with Gasteiger partial charge in [0.2, 0.25) is 5.91 Å². The average molecular weight is 634 g/mol. The third-order valence-electron chi connectivity index (χ3n) is 8.84. The van der Waals surface area contributed by atoms with Gasteiger partial charge >= 0.3 is 12.1 Å². The first kappa shape index (κ1) is 34.2. The topological polar surface area (TPSA) is 120 Å². The molecule has 2 atom stereocenters. The summed E-state index contributed by atoms with van der Waals surface area (Å²) >= 11 is 0. The molecule has 0 spiro atoms. The number of likely N-dealkylation sites (tertiary alicyclic amines) is 2. The summed E-state index contributed by atoms with van der Waals surface area (Å²) in [5, 5.41) is 20.5. The molecule has 1 aromatic carbocycles. The van der Waals surface area contributed by atoms with Crippen LogP contribution in [-0.4, -0.2) is 75.1 Å². The maximum Gasteiger partial charge on any atom is 0.418 e. The Balaban J connectivity index is 1.42. The highest BCUT2D eigenvalue weighted by Crippen LogP contribution is 2.40. The number of benzene rings is 1. The highest BCUT2D eigenvalue weighted by Gasteiger charge is 2.45. The zero-order valence-electron chi connectivity index (χ0n) is 25.6. The van der Waals surface area contributed by atoms with Gasteiger partial charge in [-0.15, -0.1) is 0 Å². The lowest BCUT2D eigenvalue weighted by Crippen LogP contribution is -2.55. The average Bonchev–Trinajstić information content (AvgIpc) is 3.02. The molecule has 2 aliphatic heterocycles. The predicted octanol–water partition coefficient (Wildman–Crippen LogP) is 5.66. The minimum absolute atomic E-state index is 0.114. The van der Waals surface area contributed by atoms with Crippen molar-refractivity contribution >= 4 is 17.8 Å². The van der Waals surface area contributed by atoms with Gasteiger partial charge in [-0.3, -0.25) is 19.4 Å². The molecule has 12 heteroatoms. The van der Waals surface area contributed by atoms with Crippen molar-refractivity contribution in [2.24, 2.45) is 5.92 Å². The van der Waals surface area contributed by atoms with Crippen molar-refractivity contribution in [3.8, 4) is 5.75 Å². The first-order valence-corrected chi connectivity index (χ1v) is 15.7. The number of carboxylic acids is 1. The van der Waals surface area contributed by atoms with Crippen molar-refractivity contribution in [1.29, 1.82) is 0 Å². The molecule has 2 aliphatic rings. The molecular formula is C33H42F3N3O6. The van der Waals surface area contributed by atoms with Crippen LogP contribution in [-0.2, 0) is 21.4 Å². The molecule has 2 unspecified atom stereocenters.